The number of aromatic nitrogens is 3. The van der Waals surface area contributed by atoms with Crippen LogP contribution in [0.4, 0.5) is 4.39 Å². The maximum Gasteiger partial charge on any atom is 0.160 e. The van der Waals surface area contributed by atoms with Gasteiger partial charge in [0.1, 0.15) is 5.69 Å². The Morgan fingerprint density at radius 1 is 1.29 bits per heavy atom. The van der Waals surface area contributed by atoms with Gasteiger partial charge in [-0.05, 0) is 19.1 Å². The van der Waals surface area contributed by atoms with Crippen LogP contribution >= 0.6 is 34.8 Å². The first kappa shape index (κ1) is 12.6. The molecule has 0 saturated heterocycles. The largest absolute Gasteiger partial charge is 0.220 e. The molecular formula is C10H7Cl3FN3. The van der Waals surface area contributed by atoms with Crippen molar-refractivity contribution in [3.8, 4) is 5.69 Å². The fourth-order valence-electron chi connectivity index (χ4n) is 1.26. The number of alkyl halides is 1. The molecule has 1 aromatic carbocycles. The molecule has 0 radical (unpaired) electrons. The Balaban J connectivity index is 2.46. The molecule has 90 valence electrons. The molecule has 2 rings (SSSR count). The summed E-state index contributed by atoms with van der Waals surface area (Å²) in [7, 11) is 0. The third kappa shape index (κ3) is 2.54. The standard InChI is InChI=1S/C10H7Cl3FN3/c1-5(11)9-4-17(16-15-9)6-2-7(12)10(14)8(13)3-6/h2-5H,1H3. The Hall–Kier alpha value is -0.840. The van der Waals surface area contributed by atoms with Crippen LogP contribution in [-0.4, -0.2) is 15.0 Å². The quantitative estimate of drug-likeness (QED) is 0.619. The number of hydrogen-bond acceptors (Lipinski definition) is 2. The molecular weight excluding hydrogens is 287 g/mol. The lowest BCUT2D eigenvalue weighted by molar-refractivity contribution is 0.627. The molecule has 1 heterocycles. The van der Waals surface area contributed by atoms with Gasteiger partial charge < -0.3 is 0 Å². The Morgan fingerprint density at radius 3 is 2.35 bits per heavy atom. The van der Waals surface area contributed by atoms with Crippen molar-refractivity contribution < 1.29 is 4.39 Å². The van der Waals surface area contributed by atoms with Gasteiger partial charge in [0.05, 0.1) is 27.3 Å². The van der Waals surface area contributed by atoms with E-state index in [2.05, 4.69) is 10.3 Å². The van der Waals surface area contributed by atoms with Gasteiger partial charge in [-0.25, -0.2) is 9.07 Å². The first-order chi connectivity index (χ1) is 7.99. The highest BCUT2D eigenvalue weighted by Crippen LogP contribution is 2.26. The van der Waals surface area contributed by atoms with Crippen LogP contribution in [0, 0.1) is 5.82 Å². The molecule has 0 N–H and O–H groups in total. The molecule has 7 heteroatoms. The Bertz CT molecular complexity index is 530. The lowest BCUT2D eigenvalue weighted by Crippen LogP contribution is -1.96. The molecule has 3 nitrogen and oxygen atoms in total. The summed E-state index contributed by atoms with van der Waals surface area (Å²) in [6, 6.07) is 2.83. The fourth-order valence-corrected chi connectivity index (χ4v) is 1.84. The molecule has 0 aliphatic heterocycles. The van der Waals surface area contributed by atoms with Gasteiger partial charge in [0.15, 0.2) is 5.82 Å². The van der Waals surface area contributed by atoms with Crippen molar-refractivity contribution >= 4 is 34.8 Å². The van der Waals surface area contributed by atoms with Crippen LogP contribution < -0.4 is 0 Å². The van der Waals surface area contributed by atoms with E-state index < -0.39 is 5.82 Å². The molecule has 2 aromatic rings. The van der Waals surface area contributed by atoms with Crippen molar-refractivity contribution in [2.75, 3.05) is 0 Å². The Labute approximate surface area is 112 Å². The van der Waals surface area contributed by atoms with Crippen molar-refractivity contribution in [2.45, 2.75) is 12.3 Å². The van der Waals surface area contributed by atoms with Crippen LogP contribution in [0.1, 0.15) is 18.0 Å². The van der Waals surface area contributed by atoms with E-state index in [1.807, 2.05) is 0 Å². The van der Waals surface area contributed by atoms with Gasteiger partial charge >= 0.3 is 0 Å². The van der Waals surface area contributed by atoms with E-state index >= 15 is 0 Å². The van der Waals surface area contributed by atoms with E-state index in [0.29, 0.717) is 11.4 Å². The van der Waals surface area contributed by atoms with Crippen molar-refractivity contribution in [1.82, 2.24) is 15.0 Å². The van der Waals surface area contributed by atoms with E-state index in [1.165, 1.54) is 16.8 Å². The minimum Gasteiger partial charge on any atom is -0.220 e. The summed E-state index contributed by atoms with van der Waals surface area (Å²) in [6.45, 7) is 1.78. The second-order valence-electron chi connectivity index (χ2n) is 3.43. The number of benzene rings is 1. The van der Waals surface area contributed by atoms with Crippen LogP contribution in [0.25, 0.3) is 5.69 Å². The molecule has 0 spiro atoms. The predicted molar refractivity (Wildman–Crippen MR) is 65.6 cm³/mol. The number of rotatable bonds is 2. The molecule has 1 unspecified atom stereocenters. The smallest absolute Gasteiger partial charge is 0.160 e. The lowest BCUT2D eigenvalue weighted by atomic mass is 10.3. The number of nitrogens with zero attached hydrogens (tertiary/aromatic N) is 3. The second kappa shape index (κ2) is 4.80. The van der Waals surface area contributed by atoms with E-state index in [-0.39, 0.29) is 15.4 Å². The molecule has 0 fully saturated rings. The molecule has 0 amide bonds. The van der Waals surface area contributed by atoms with Gasteiger partial charge in [0, 0.05) is 0 Å². The third-order valence-electron chi connectivity index (χ3n) is 2.15. The first-order valence-corrected chi connectivity index (χ1v) is 5.89. The monoisotopic (exact) mass is 293 g/mol. The van der Waals surface area contributed by atoms with Crippen LogP contribution in [-0.2, 0) is 0 Å². The zero-order chi connectivity index (χ0) is 12.6. The van der Waals surface area contributed by atoms with Gasteiger partial charge in [-0.1, -0.05) is 28.4 Å². The number of hydrogen-bond donors (Lipinski definition) is 0. The molecule has 0 aliphatic rings. The van der Waals surface area contributed by atoms with Gasteiger partial charge in [-0.3, -0.25) is 0 Å². The maximum absolute atomic E-state index is 13.2. The summed E-state index contributed by atoms with van der Waals surface area (Å²) in [5.74, 6) is -0.650. The van der Waals surface area contributed by atoms with Gasteiger partial charge in [0.2, 0.25) is 0 Å². The topological polar surface area (TPSA) is 30.7 Å². The van der Waals surface area contributed by atoms with E-state index in [1.54, 1.807) is 13.1 Å². The first-order valence-electron chi connectivity index (χ1n) is 4.70. The summed E-state index contributed by atoms with van der Waals surface area (Å²) >= 11 is 17.2. The minimum atomic E-state index is -0.650. The molecule has 0 aliphatic carbocycles. The van der Waals surface area contributed by atoms with Gasteiger partial charge in [0.25, 0.3) is 0 Å². The highest BCUT2D eigenvalue weighted by molar-refractivity contribution is 6.35. The highest BCUT2D eigenvalue weighted by atomic mass is 35.5. The summed E-state index contributed by atoms with van der Waals surface area (Å²) in [4.78, 5) is 0. The number of halogens is 4. The zero-order valence-electron chi connectivity index (χ0n) is 8.66. The highest BCUT2D eigenvalue weighted by Gasteiger charge is 2.12. The molecule has 1 atom stereocenters. The lowest BCUT2D eigenvalue weighted by Gasteiger charge is -2.03. The summed E-state index contributed by atoms with van der Waals surface area (Å²) in [5.41, 5.74) is 1.14. The Kier molecular flexibility index (Phi) is 3.56. The van der Waals surface area contributed by atoms with E-state index in [4.69, 9.17) is 34.8 Å². The van der Waals surface area contributed by atoms with Crippen molar-refractivity contribution in [1.29, 1.82) is 0 Å². The summed E-state index contributed by atoms with van der Waals surface area (Å²) in [5, 5.41) is 7.35. The zero-order valence-corrected chi connectivity index (χ0v) is 10.9. The average Bonchev–Trinajstić information content (AvgIpc) is 2.74. The van der Waals surface area contributed by atoms with Crippen LogP contribution in [0.2, 0.25) is 10.0 Å². The average molecular weight is 295 g/mol. The second-order valence-corrected chi connectivity index (χ2v) is 4.90. The Morgan fingerprint density at radius 2 is 1.88 bits per heavy atom. The summed E-state index contributed by atoms with van der Waals surface area (Å²) < 4.78 is 14.7. The molecule has 1 aromatic heterocycles. The van der Waals surface area contributed by atoms with E-state index in [9.17, 15) is 4.39 Å². The maximum atomic E-state index is 13.2. The normalized spacial score (nSPS) is 12.8. The molecule has 17 heavy (non-hydrogen) atoms. The van der Waals surface area contributed by atoms with Crippen molar-refractivity contribution in [2.24, 2.45) is 0 Å². The fraction of sp³-hybridized carbons (Fsp3) is 0.200. The summed E-state index contributed by atoms with van der Waals surface area (Å²) in [6.07, 6.45) is 1.64. The van der Waals surface area contributed by atoms with E-state index in [0.717, 1.165) is 0 Å². The molecule has 0 bridgehead atoms. The van der Waals surface area contributed by atoms with Gasteiger partial charge in [-0.15, -0.1) is 16.7 Å². The predicted octanol–water partition coefficient (Wildman–Crippen LogP) is 4.01. The molecule has 0 saturated carbocycles. The SMILES string of the molecule is CC(Cl)c1cn(-c2cc(Cl)c(F)c(Cl)c2)nn1. The van der Waals surface area contributed by atoms with Gasteiger partial charge in [-0.2, -0.15) is 0 Å². The van der Waals surface area contributed by atoms with Crippen LogP contribution in [0.3, 0.4) is 0 Å². The van der Waals surface area contributed by atoms with Crippen LogP contribution in [0.5, 0.6) is 0 Å². The van der Waals surface area contributed by atoms with Crippen LogP contribution in [0.15, 0.2) is 18.3 Å². The minimum absolute atomic E-state index is 0.0662. The van der Waals surface area contributed by atoms with Crippen molar-refractivity contribution in [3.63, 3.8) is 0 Å². The third-order valence-corrected chi connectivity index (χ3v) is 2.93. The van der Waals surface area contributed by atoms with Crippen molar-refractivity contribution in [3.05, 3.63) is 39.9 Å².